The number of carbonyl (C=O) groups is 2. The van der Waals surface area contributed by atoms with Gasteiger partial charge < -0.3 is 33.5 Å². The number of nitrogens with one attached hydrogen (secondary N) is 1. The number of phosphoric ester groups is 1. The van der Waals surface area contributed by atoms with Crippen molar-refractivity contribution in [2.45, 2.75) is 102 Å². The van der Waals surface area contributed by atoms with Gasteiger partial charge in [0.1, 0.15) is 39.7 Å². The first kappa shape index (κ1) is 52.1. The largest absolute Gasteiger partial charge is 0.744 e. The Hall–Kier alpha value is -6.81. The molecular weight excluding hydrogens is 982 g/mol. The van der Waals surface area contributed by atoms with E-state index in [1.165, 1.54) is 35.4 Å². The fourth-order valence-electron chi connectivity index (χ4n) is 11.0. The van der Waals surface area contributed by atoms with Gasteiger partial charge in [0.2, 0.25) is 11.6 Å². The van der Waals surface area contributed by atoms with Crippen LogP contribution >= 0.6 is 7.82 Å². The van der Waals surface area contributed by atoms with E-state index < -0.39 is 34.9 Å². The molecule has 1 spiro atoms. The van der Waals surface area contributed by atoms with Crippen LogP contribution < -0.4 is 24.2 Å². The minimum atomic E-state index is -4.94. The summed E-state index contributed by atoms with van der Waals surface area (Å²) in [5.74, 6) is -0.0550. The molecule has 4 aliphatic heterocycles. The number of aryl methyl sites for hydroxylation is 1. The van der Waals surface area contributed by atoms with E-state index in [0.29, 0.717) is 53.1 Å². The predicted molar refractivity (Wildman–Crippen MR) is 280 cm³/mol. The lowest BCUT2D eigenvalue weighted by atomic mass is 9.77. The van der Waals surface area contributed by atoms with Crippen LogP contribution in [0.5, 0.6) is 23.0 Å². The van der Waals surface area contributed by atoms with Crippen LogP contribution in [0.15, 0.2) is 132 Å². The quantitative estimate of drug-likeness (QED) is 0.0198. The maximum absolute atomic E-state index is 13.6. The number of hydrogen-bond acceptors (Lipinski definition) is 11. The number of hydrogen-bond donors (Lipinski definition) is 3. The number of anilines is 1. The molecule has 5 aromatic rings. The Morgan fingerprint density at radius 3 is 2.38 bits per heavy atom. The monoisotopic (exact) mass is 1040 g/mol. The van der Waals surface area contributed by atoms with Gasteiger partial charge in [0.25, 0.3) is 0 Å². The molecule has 0 bridgehead atoms. The number of unbranched alkanes of at least 4 members (excludes halogenated alkanes) is 2. The Bertz CT molecular complexity index is 3410. The highest BCUT2D eigenvalue weighted by Gasteiger charge is 2.54. The summed E-state index contributed by atoms with van der Waals surface area (Å²) in [5.41, 5.74) is 7.37. The Morgan fingerprint density at radius 2 is 1.64 bits per heavy atom. The van der Waals surface area contributed by atoms with E-state index in [-0.39, 0.29) is 46.4 Å². The van der Waals surface area contributed by atoms with E-state index >= 15 is 0 Å². The van der Waals surface area contributed by atoms with E-state index in [4.69, 9.17) is 18.7 Å². The van der Waals surface area contributed by atoms with Crippen molar-refractivity contribution >= 4 is 46.9 Å². The summed E-state index contributed by atoms with van der Waals surface area (Å²) in [6.45, 7) is 16.2. The molecule has 0 saturated carbocycles. The van der Waals surface area contributed by atoms with Crippen molar-refractivity contribution < 1.29 is 60.2 Å². The molecule has 0 aliphatic carbocycles. The van der Waals surface area contributed by atoms with Crippen LogP contribution in [0.3, 0.4) is 0 Å². The molecule has 386 valence electrons. The molecule has 1 atom stereocenters. The molecule has 1 unspecified atom stereocenters. The molecular formula is C57H60N3O12PS. The van der Waals surface area contributed by atoms with Crippen molar-refractivity contribution in [2.24, 2.45) is 0 Å². The minimum Gasteiger partial charge on any atom is -0.744 e. The Morgan fingerprint density at radius 1 is 0.865 bits per heavy atom. The fraction of sp³-hybridized carbons (Fsp3) is 0.316. The summed E-state index contributed by atoms with van der Waals surface area (Å²) < 4.78 is 73.7. The van der Waals surface area contributed by atoms with Crippen molar-refractivity contribution in [1.82, 2.24) is 5.32 Å². The molecule has 1 amide bonds. The highest BCUT2D eigenvalue weighted by molar-refractivity contribution is 7.85. The molecule has 17 heteroatoms. The number of benzene rings is 5. The molecule has 4 heterocycles. The summed E-state index contributed by atoms with van der Waals surface area (Å²) in [7, 11) is -9.54. The second kappa shape index (κ2) is 19.8. The smallest absolute Gasteiger partial charge is 0.524 e. The van der Waals surface area contributed by atoms with Gasteiger partial charge in [-0.25, -0.2) is 17.8 Å². The summed E-state index contributed by atoms with van der Waals surface area (Å²) >= 11 is 0. The lowest BCUT2D eigenvalue weighted by Crippen LogP contribution is -2.34. The first-order valence-corrected chi connectivity index (χ1v) is 27.7. The highest BCUT2D eigenvalue weighted by Crippen LogP contribution is 2.59. The number of nitrogens with zero attached hydrogens (tertiary/aromatic N) is 2. The summed E-state index contributed by atoms with van der Waals surface area (Å²) in [6, 6.07) is 26.0. The van der Waals surface area contributed by atoms with Crippen LogP contribution in [0.25, 0.3) is 0 Å². The van der Waals surface area contributed by atoms with E-state index in [1.807, 2.05) is 52.0 Å². The maximum Gasteiger partial charge on any atom is 0.524 e. The van der Waals surface area contributed by atoms with Gasteiger partial charge in [-0.3, -0.25) is 14.6 Å². The SMILES string of the molecule is CCOc1ccc2c(c1CNC(=O)CCCCC[N+]1=C(/C=C/C=C/C=C3/N(CC)c4ccc(S(=O)(=O)[O-])cc4C3(C)C)C(C)(C)c3cc(C)ccc31)Oc1cc(OP(=O)(O)O)ccc1C21OC(=O)c2ccccc21. The maximum atomic E-state index is 13.6. The van der Waals surface area contributed by atoms with Gasteiger partial charge >= 0.3 is 13.8 Å². The molecule has 0 aromatic heterocycles. The number of ether oxygens (including phenoxy) is 3. The Labute approximate surface area is 431 Å². The number of allylic oxidation sites excluding steroid dienone is 6. The van der Waals surface area contributed by atoms with Crippen LogP contribution in [0.2, 0.25) is 0 Å². The first-order valence-electron chi connectivity index (χ1n) is 24.8. The zero-order chi connectivity index (χ0) is 53.0. The van der Waals surface area contributed by atoms with Gasteiger partial charge in [-0.2, -0.15) is 4.58 Å². The second-order valence-corrected chi connectivity index (χ2v) is 22.4. The predicted octanol–water partition coefficient (Wildman–Crippen LogP) is 10.4. The lowest BCUT2D eigenvalue weighted by molar-refractivity contribution is -0.438. The molecule has 3 N–H and O–H groups in total. The van der Waals surface area contributed by atoms with Crippen LogP contribution in [0, 0.1) is 6.92 Å². The average Bonchev–Trinajstić information content (AvgIpc) is 3.84. The van der Waals surface area contributed by atoms with Crippen LogP contribution in [0.1, 0.15) is 117 Å². The van der Waals surface area contributed by atoms with Gasteiger partial charge in [0.15, 0.2) is 11.3 Å². The average molecular weight is 1040 g/mol. The molecule has 4 aliphatic rings. The summed E-state index contributed by atoms with van der Waals surface area (Å²) in [6.07, 6.45) is 12.7. The van der Waals surface area contributed by atoms with Gasteiger partial charge in [0.05, 0.1) is 34.6 Å². The number of likely N-dealkylation sites (N-methyl/N-ethyl adjacent to an activating group) is 1. The van der Waals surface area contributed by atoms with Crippen molar-refractivity contribution in [1.29, 1.82) is 0 Å². The number of phosphoric acid groups is 1. The molecule has 74 heavy (non-hydrogen) atoms. The Balaban J connectivity index is 0.900. The molecule has 15 nitrogen and oxygen atoms in total. The third-order valence-electron chi connectivity index (χ3n) is 14.4. The molecule has 0 fully saturated rings. The zero-order valence-electron chi connectivity index (χ0n) is 42.4. The molecule has 0 radical (unpaired) electrons. The summed E-state index contributed by atoms with van der Waals surface area (Å²) in [5, 5.41) is 3.06. The van der Waals surface area contributed by atoms with Crippen molar-refractivity contribution in [3.63, 3.8) is 0 Å². The van der Waals surface area contributed by atoms with E-state index in [2.05, 4.69) is 59.8 Å². The van der Waals surface area contributed by atoms with Gasteiger partial charge in [-0.05, 0) is 114 Å². The highest BCUT2D eigenvalue weighted by atomic mass is 32.2. The van der Waals surface area contributed by atoms with Gasteiger partial charge in [-0.15, -0.1) is 0 Å². The van der Waals surface area contributed by atoms with Crippen molar-refractivity contribution in [3.05, 3.63) is 172 Å². The standard InChI is InChI=1S/C57H60N3O12PS/c1-8-59-46-29-25-38(74(66,67)68)34-45(46)56(6,7)50(59)20-12-10-13-21-51-55(4,5)44-32-36(3)23-28-47(44)60(51)31-17-11-14-22-52(61)58-35-40-48(69-9-2)30-27-43-53(40)70-49-33-37(72-73(63,64)65)24-26-42(49)57(43)41-19-16-15-18-39(41)54(62)71-57/h10,12-13,15-16,18-21,23-30,32-34H,8-9,11,14,17,22,31,35H2,1-7H3,(H3-,58,61,63,64,65,66,67,68). The van der Waals surface area contributed by atoms with Crippen LogP contribution in [-0.4, -0.2) is 64.6 Å². The van der Waals surface area contributed by atoms with E-state index in [9.17, 15) is 36.9 Å². The first-order chi connectivity index (χ1) is 35.1. The van der Waals surface area contributed by atoms with Gasteiger partial charge in [0, 0.05) is 76.6 Å². The van der Waals surface area contributed by atoms with E-state index in [0.717, 1.165) is 47.7 Å². The lowest BCUT2D eigenvalue weighted by Gasteiger charge is -2.37. The molecule has 0 saturated heterocycles. The topological polar surface area (TPSA) is 204 Å². The van der Waals surface area contributed by atoms with Crippen LogP contribution in [-0.2, 0) is 47.2 Å². The number of rotatable bonds is 17. The third-order valence-corrected chi connectivity index (χ3v) is 15.7. The van der Waals surface area contributed by atoms with E-state index in [1.54, 1.807) is 48.5 Å². The molecule has 5 aromatic carbocycles. The fourth-order valence-corrected chi connectivity index (χ4v) is 11.8. The number of fused-ring (bicyclic) bond motifs is 8. The number of esters is 1. The Kier molecular flexibility index (Phi) is 13.9. The van der Waals surface area contributed by atoms with Crippen molar-refractivity contribution in [2.75, 3.05) is 24.6 Å². The molecule has 9 rings (SSSR count). The second-order valence-electron chi connectivity index (χ2n) is 19.9. The zero-order valence-corrected chi connectivity index (χ0v) is 44.1. The van der Waals surface area contributed by atoms with Crippen molar-refractivity contribution in [3.8, 4) is 23.0 Å². The summed E-state index contributed by atoms with van der Waals surface area (Å²) in [4.78, 5) is 48.3. The normalized spacial score (nSPS) is 18.6. The van der Waals surface area contributed by atoms with Crippen LogP contribution in [0.4, 0.5) is 11.4 Å². The number of carbonyl (C=O) groups excluding carboxylic acids is 2. The van der Waals surface area contributed by atoms with Gasteiger partial charge in [-0.1, -0.05) is 61.9 Å². The number of amides is 1. The third kappa shape index (κ3) is 9.50. The minimum absolute atomic E-state index is 0.00433.